The molecule has 2 aromatic rings. The highest BCUT2D eigenvalue weighted by molar-refractivity contribution is 7.92. The van der Waals surface area contributed by atoms with Crippen molar-refractivity contribution in [3.05, 3.63) is 53.1 Å². The Morgan fingerprint density at radius 3 is 2.54 bits per heavy atom. The number of hydrogen-bond donors (Lipinski definition) is 1. The molecule has 0 aromatic heterocycles. The molecule has 26 heavy (non-hydrogen) atoms. The molecular formula is C19H21ClN2O3S. The number of amides is 1. The molecule has 0 spiro atoms. The Hall–Kier alpha value is -2.05. The molecule has 138 valence electrons. The molecular weight excluding hydrogens is 372 g/mol. The Balaban J connectivity index is 1.91. The van der Waals surface area contributed by atoms with E-state index in [-0.39, 0.29) is 10.8 Å². The molecule has 1 aliphatic rings. The highest BCUT2D eigenvalue weighted by Gasteiger charge is 2.32. The van der Waals surface area contributed by atoms with Crippen molar-refractivity contribution in [2.75, 3.05) is 16.2 Å². The number of halogens is 1. The van der Waals surface area contributed by atoms with Crippen LogP contribution in [0.5, 0.6) is 0 Å². The molecule has 1 heterocycles. The van der Waals surface area contributed by atoms with E-state index in [1.807, 2.05) is 26.8 Å². The molecule has 7 heteroatoms. The second-order valence-corrected chi connectivity index (χ2v) is 9.48. The molecule has 2 aromatic carbocycles. The molecule has 1 N–H and O–H groups in total. The average Bonchev–Trinajstić information content (AvgIpc) is 2.96. The Kier molecular flexibility index (Phi) is 4.75. The molecule has 0 saturated carbocycles. The lowest BCUT2D eigenvalue weighted by atomic mass is 9.94. The predicted molar refractivity (Wildman–Crippen MR) is 104 cm³/mol. The molecule has 3 rings (SSSR count). The van der Waals surface area contributed by atoms with E-state index in [4.69, 9.17) is 11.6 Å². The molecule has 0 radical (unpaired) electrons. The van der Waals surface area contributed by atoms with E-state index in [1.165, 1.54) is 12.1 Å². The lowest BCUT2D eigenvalue weighted by Gasteiger charge is -2.26. The van der Waals surface area contributed by atoms with E-state index in [1.54, 1.807) is 29.2 Å². The van der Waals surface area contributed by atoms with Gasteiger partial charge in [0.25, 0.3) is 10.0 Å². The van der Waals surface area contributed by atoms with E-state index in [0.29, 0.717) is 17.3 Å². The van der Waals surface area contributed by atoms with Crippen molar-refractivity contribution < 1.29 is 13.2 Å². The lowest BCUT2D eigenvalue weighted by molar-refractivity contribution is -0.125. The maximum Gasteiger partial charge on any atom is 0.261 e. The summed E-state index contributed by atoms with van der Waals surface area (Å²) in [6, 6.07) is 11.4. The summed E-state index contributed by atoms with van der Waals surface area (Å²) < 4.78 is 27.7. The van der Waals surface area contributed by atoms with Gasteiger partial charge in [0.1, 0.15) is 0 Å². The third-order valence-electron chi connectivity index (χ3n) is 4.23. The van der Waals surface area contributed by atoms with Crippen LogP contribution in [0.2, 0.25) is 5.02 Å². The normalized spacial score (nSPS) is 14.2. The average molecular weight is 393 g/mol. The Bertz CT molecular complexity index is 965. The van der Waals surface area contributed by atoms with E-state index in [2.05, 4.69) is 4.72 Å². The zero-order valence-corrected chi connectivity index (χ0v) is 16.5. The molecule has 5 nitrogen and oxygen atoms in total. The molecule has 0 saturated heterocycles. The highest BCUT2D eigenvalue weighted by atomic mass is 35.5. The fraction of sp³-hybridized carbons (Fsp3) is 0.316. The predicted octanol–water partition coefficient (Wildman–Crippen LogP) is 4.08. The SMILES string of the molecule is CC(C)(C)C(=O)N1CCc2ccc(NS(=O)(=O)c3cccc(Cl)c3)cc21. The summed E-state index contributed by atoms with van der Waals surface area (Å²) in [5.74, 6) is 0.0195. The van der Waals surface area contributed by atoms with Gasteiger partial charge in [0.2, 0.25) is 5.91 Å². The number of nitrogens with one attached hydrogen (secondary N) is 1. The van der Waals surface area contributed by atoms with Gasteiger partial charge in [-0.3, -0.25) is 9.52 Å². The van der Waals surface area contributed by atoms with Gasteiger partial charge in [-0.15, -0.1) is 0 Å². The van der Waals surface area contributed by atoms with Crippen molar-refractivity contribution in [3.8, 4) is 0 Å². The molecule has 0 unspecified atom stereocenters. The summed E-state index contributed by atoms with van der Waals surface area (Å²) in [5.41, 5.74) is 1.71. The number of hydrogen-bond acceptors (Lipinski definition) is 3. The van der Waals surface area contributed by atoms with Crippen LogP contribution in [0.1, 0.15) is 26.3 Å². The summed E-state index contributed by atoms with van der Waals surface area (Å²) in [5, 5.41) is 0.351. The lowest BCUT2D eigenvalue weighted by Crippen LogP contribution is -2.38. The zero-order valence-electron chi connectivity index (χ0n) is 14.9. The number of sulfonamides is 1. The molecule has 1 amide bonds. The largest absolute Gasteiger partial charge is 0.311 e. The number of anilines is 2. The fourth-order valence-corrected chi connectivity index (χ4v) is 4.26. The van der Waals surface area contributed by atoms with Crippen molar-refractivity contribution in [1.29, 1.82) is 0 Å². The van der Waals surface area contributed by atoms with Gasteiger partial charge in [-0.05, 0) is 42.3 Å². The quantitative estimate of drug-likeness (QED) is 0.855. The molecule has 1 aliphatic heterocycles. The van der Waals surface area contributed by atoms with Crippen molar-refractivity contribution in [2.24, 2.45) is 5.41 Å². The fourth-order valence-electron chi connectivity index (χ4n) is 2.91. The van der Waals surface area contributed by atoms with Gasteiger partial charge >= 0.3 is 0 Å². The Morgan fingerprint density at radius 2 is 1.88 bits per heavy atom. The first kappa shape index (κ1) is 18.7. The van der Waals surface area contributed by atoms with E-state index in [9.17, 15) is 13.2 Å². The van der Waals surface area contributed by atoms with Crippen LogP contribution in [0.25, 0.3) is 0 Å². The van der Waals surface area contributed by atoms with Crippen LogP contribution in [-0.4, -0.2) is 20.9 Å². The molecule has 0 atom stereocenters. The smallest absolute Gasteiger partial charge is 0.261 e. The molecule has 0 aliphatic carbocycles. The van der Waals surface area contributed by atoms with Crippen LogP contribution in [0, 0.1) is 5.41 Å². The van der Waals surface area contributed by atoms with Gasteiger partial charge in [0.05, 0.1) is 10.6 Å². The molecule has 0 fully saturated rings. The van der Waals surface area contributed by atoms with Gasteiger partial charge in [0.15, 0.2) is 0 Å². The van der Waals surface area contributed by atoms with Crippen molar-refractivity contribution in [1.82, 2.24) is 0 Å². The summed E-state index contributed by atoms with van der Waals surface area (Å²) in [6.45, 7) is 6.23. The Labute approximate surface area is 159 Å². The first-order valence-corrected chi connectivity index (χ1v) is 10.2. The summed E-state index contributed by atoms with van der Waals surface area (Å²) in [4.78, 5) is 14.5. The first-order valence-electron chi connectivity index (χ1n) is 8.31. The number of fused-ring (bicyclic) bond motifs is 1. The van der Waals surface area contributed by atoms with Gasteiger partial charge in [-0.1, -0.05) is 44.5 Å². The topological polar surface area (TPSA) is 66.5 Å². The summed E-state index contributed by atoms with van der Waals surface area (Å²) in [7, 11) is -3.76. The minimum atomic E-state index is -3.76. The third-order valence-corrected chi connectivity index (χ3v) is 5.84. The van der Waals surface area contributed by atoms with Crippen LogP contribution >= 0.6 is 11.6 Å². The third kappa shape index (κ3) is 3.71. The van der Waals surface area contributed by atoms with Crippen LogP contribution in [0.4, 0.5) is 11.4 Å². The maximum absolute atomic E-state index is 12.7. The first-order chi connectivity index (χ1) is 12.1. The van der Waals surface area contributed by atoms with E-state index < -0.39 is 15.4 Å². The second-order valence-electron chi connectivity index (χ2n) is 7.36. The van der Waals surface area contributed by atoms with Gasteiger partial charge in [0, 0.05) is 22.7 Å². The van der Waals surface area contributed by atoms with Crippen LogP contribution in [0.15, 0.2) is 47.4 Å². The van der Waals surface area contributed by atoms with E-state index >= 15 is 0 Å². The number of benzene rings is 2. The number of rotatable bonds is 3. The van der Waals surface area contributed by atoms with Gasteiger partial charge in [-0.2, -0.15) is 0 Å². The van der Waals surface area contributed by atoms with Crippen LogP contribution < -0.4 is 9.62 Å². The monoisotopic (exact) mass is 392 g/mol. The van der Waals surface area contributed by atoms with Gasteiger partial charge in [-0.25, -0.2) is 8.42 Å². The maximum atomic E-state index is 12.7. The minimum Gasteiger partial charge on any atom is -0.311 e. The second kappa shape index (κ2) is 6.59. The van der Waals surface area contributed by atoms with Gasteiger partial charge < -0.3 is 4.90 Å². The number of carbonyl (C=O) groups excluding carboxylic acids is 1. The highest BCUT2D eigenvalue weighted by Crippen LogP contribution is 2.34. The zero-order chi connectivity index (χ0) is 19.1. The molecule has 0 bridgehead atoms. The summed E-state index contributed by atoms with van der Waals surface area (Å²) >= 11 is 5.89. The number of nitrogens with zero attached hydrogens (tertiary/aromatic N) is 1. The van der Waals surface area contributed by atoms with Crippen molar-refractivity contribution in [2.45, 2.75) is 32.1 Å². The summed E-state index contributed by atoms with van der Waals surface area (Å²) in [6.07, 6.45) is 0.762. The van der Waals surface area contributed by atoms with E-state index in [0.717, 1.165) is 17.7 Å². The number of carbonyl (C=O) groups is 1. The van der Waals surface area contributed by atoms with Crippen LogP contribution in [0.3, 0.4) is 0 Å². The minimum absolute atomic E-state index is 0.0195. The standard InChI is InChI=1S/C19H21ClN2O3S/c1-19(2,3)18(23)22-10-9-13-7-8-15(12-17(13)22)21-26(24,25)16-6-4-5-14(20)11-16/h4-8,11-12,21H,9-10H2,1-3H3. The Morgan fingerprint density at radius 1 is 1.15 bits per heavy atom. The van der Waals surface area contributed by atoms with Crippen LogP contribution in [-0.2, 0) is 21.2 Å². The van der Waals surface area contributed by atoms with Crippen molar-refractivity contribution in [3.63, 3.8) is 0 Å². The van der Waals surface area contributed by atoms with Crippen molar-refractivity contribution >= 4 is 38.9 Å².